The van der Waals surface area contributed by atoms with Crippen molar-refractivity contribution in [2.24, 2.45) is 0 Å². The van der Waals surface area contributed by atoms with Gasteiger partial charge in [0.05, 0.1) is 6.61 Å². The summed E-state index contributed by atoms with van der Waals surface area (Å²) in [5.74, 6) is -2.00. The minimum absolute atomic E-state index is 0.0304. The highest BCUT2D eigenvalue weighted by Crippen LogP contribution is 2.46. The molecule has 7 heteroatoms. The first-order valence-electron chi connectivity index (χ1n) is 7.36. The van der Waals surface area contributed by atoms with Crippen LogP contribution in [0.3, 0.4) is 0 Å². The molecule has 0 aromatic heterocycles. The van der Waals surface area contributed by atoms with E-state index in [1.54, 1.807) is 20.8 Å². The number of hydrogen-bond acceptors (Lipinski definition) is 7. The Morgan fingerprint density at radius 2 is 2.05 bits per heavy atom. The molecule has 3 rings (SSSR count). The fourth-order valence-corrected chi connectivity index (χ4v) is 3.17. The fourth-order valence-electron chi connectivity index (χ4n) is 3.17. The van der Waals surface area contributed by atoms with Crippen LogP contribution in [0.25, 0.3) is 0 Å². The van der Waals surface area contributed by atoms with Gasteiger partial charge < -0.3 is 23.7 Å². The van der Waals surface area contributed by atoms with Gasteiger partial charge in [-0.05, 0) is 20.8 Å². The summed E-state index contributed by atoms with van der Waals surface area (Å²) in [4.78, 5) is 25.0. The van der Waals surface area contributed by atoms with E-state index in [4.69, 9.17) is 23.7 Å². The van der Waals surface area contributed by atoms with Gasteiger partial charge in [-0.1, -0.05) is 6.08 Å². The van der Waals surface area contributed by atoms with Crippen molar-refractivity contribution in [3.8, 4) is 0 Å². The summed E-state index contributed by atoms with van der Waals surface area (Å²) in [6.45, 7) is 8.92. The largest absolute Gasteiger partial charge is 0.463 e. The molecule has 0 spiro atoms. The first-order valence-corrected chi connectivity index (χ1v) is 7.36. The van der Waals surface area contributed by atoms with Crippen molar-refractivity contribution in [1.82, 2.24) is 0 Å². The molecule has 3 heterocycles. The Labute approximate surface area is 128 Å². The van der Waals surface area contributed by atoms with Gasteiger partial charge in [-0.3, -0.25) is 4.79 Å². The molecule has 0 amide bonds. The van der Waals surface area contributed by atoms with Crippen molar-refractivity contribution in [2.75, 3.05) is 6.61 Å². The molecule has 22 heavy (non-hydrogen) atoms. The van der Waals surface area contributed by atoms with Crippen LogP contribution in [-0.4, -0.2) is 54.3 Å². The molecule has 0 bridgehead atoms. The van der Waals surface area contributed by atoms with Crippen LogP contribution in [0.15, 0.2) is 12.7 Å². The molecule has 3 aliphatic heterocycles. The number of Topliss-reactive ketones (excluding diaryl/α,β-unsaturated/α-hetero) is 1. The summed E-state index contributed by atoms with van der Waals surface area (Å²) in [7, 11) is 0. The molecule has 122 valence electrons. The summed E-state index contributed by atoms with van der Waals surface area (Å²) in [5.41, 5.74) is -1.70. The van der Waals surface area contributed by atoms with E-state index in [9.17, 15) is 9.59 Å². The number of ether oxygens (including phenoxy) is 5. The van der Waals surface area contributed by atoms with Gasteiger partial charge in [0, 0.05) is 6.42 Å². The van der Waals surface area contributed by atoms with E-state index in [1.807, 2.05) is 0 Å². The van der Waals surface area contributed by atoms with Crippen LogP contribution in [-0.2, 0) is 33.3 Å². The first-order chi connectivity index (χ1) is 10.3. The zero-order valence-electron chi connectivity index (χ0n) is 12.9. The maximum absolute atomic E-state index is 12.7. The van der Waals surface area contributed by atoms with Crippen LogP contribution in [0.2, 0.25) is 0 Å². The van der Waals surface area contributed by atoms with Crippen molar-refractivity contribution in [2.45, 2.75) is 63.2 Å². The molecule has 0 radical (unpaired) electrons. The van der Waals surface area contributed by atoms with Gasteiger partial charge in [-0.15, -0.1) is 6.58 Å². The lowest BCUT2D eigenvalue weighted by atomic mass is 9.93. The quantitative estimate of drug-likeness (QED) is 0.429. The highest BCUT2D eigenvalue weighted by molar-refractivity contribution is 6.11. The van der Waals surface area contributed by atoms with Crippen LogP contribution in [0, 0.1) is 0 Å². The summed E-state index contributed by atoms with van der Waals surface area (Å²) in [6.07, 6.45) is -1.31. The summed E-state index contributed by atoms with van der Waals surface area (Å²) in [6, 6.07) is 0. The lowest BCUT2D eigenvalue weighted by Crippen LogP contribution is -2.48. The van der Waals surface area contributed by atoms with Crippen molar-refractivity contribution >= 4 is 11.8 Å². The van der Waals surface area contributed by atoms with Crippen LogP contribution < -0.4 is 0 Å². The molecule has 3 aliphatic rings. The van der Waals surface area contributed by atoms with Gasteiger partial charge in [0.25, 0.3) is 0 Å². The number of rotatable bonds is 4. The second-order valence-electron chi connectivity index (χ2n) is 6.01. The summed E-state index contributed by atoms with van der Waals surface area (Å²) in [5, 5.41) is 0. The molecule has 7 nitrogen and oxygen atoms in total. The van der Waals surface area contributed by atoms with Gasteiger partial charge in [0.1, 0.15) is 12.2 Å². The van der Waals surface area contributed by atoms with Gasteiger partial charge in [0.15, 0.2) is 18.2 Å². The standard InChI is InChI=1S/C15H20O7/c1-5-7-15(13(17)18-6-2)11(16)9-8(21-15)10-12(19-9)22-14(3,4)20-10/h5,8-10,12H,1,6-7H2,2-4H3/t8-,9-,10+,12+,15-/m0/s1. The van der Waals surface area contributed by atoms with Crippen molar-refractivity contribution in [3.05, 3.63) is 12.7 Å². The van der Waals surface area contributed by atoms with Crippen LogP contribution in [0.4, 0.5) is 0 Å². The van der Waals surface area contributed by atoms with E-state index in [2.05, 4.69) is 6.58 Å². The highest BCUT2D eigenvalue weighted by Gasteiger charge is 2.69. The van der Waals surface area contributed by atoms with Crippen molar-refractivity contribution in [3.63, 3.8) is 0 Å². The Kier molecular flexibility index (Phi) is 3.64. The molecule has 3 saturated heterocycles. The van der Waals surface area contributed by atoms with Crippen LogP contribution >= 0.6 is 0 Å². The molecular weight excluding hydrogens is 292 g/mol. The van der Waals surface area contributed by atoms with Crippen molar-refractivity contribution < 1.29 is 33.3 Å². The number of carbonyl (C=O) groups is 2. The van der Waals surface area contributed by atoms with Crippen LogP contribution in [0.5, 0.6) is 0 Å². The van der Waals surface area contributed by atoms with Gasteiger partial charge in [-0.2, -0.15) is 0 Å². The van der Waals surface area contributed by atoms with Crippen molar-refractivity contribution in [1.29, 1.82) is 0 Å². The molecule has 0 saturated carbocycles. The average molecular weight is 312 g/mol. The number of ketones is 1. The molecule has 3 fully saturated rings. The molecular formula is C15H20O7. The Morgan fingerprint density at radius 3 is 2.68 bits per heavy atom. The van der Waals surface area contributed by atoms with E-state index in [1.165, 1.54) is 6.08 Å². The van der Waals surface area contributed by atoms with E-state index >= 15 is 0 Å². The number of fused-ring (bicyclic) bond motifs is 3. The molecule has 0 N–H and O–H groups in total. The smallest absolute Gasteiger partial charge is 0.346 e. The van der Waals surface area contributed by atoms with E-state index in [0.29, 0.717) is 0 Å². The minimum Gasteiger partial charge on any atom is -0.463 e. The lowest BCUT2D eigenvalue weighted by molar-refractivity contribution is -0.210. The number of carbonyl (C=O) groups excluding carboxylic acids is 2. The van der Waals surface area contributed by atoms with E-state index in [-0.39, 0.29) is 13.0 Å². The second-order valence-corrected chi connectivity index (χ2v) is 6.01. The third-order valence-electron chi connectivity index (χ3n) is 4.02. The summed E-state index contributed by atoms with van der Waals surface area (Å²) < 4.78 is 27.8. The maximum Gasteiger partial charge on any atom is 0.346 e. The summed E-state index contributed by atoms with van der Waals surface area (Å²) >= 11 is 0. The predicted molar refractivity (Wildman–Crippen MR) is 72.8 cm³/mol. The third-order valence-corrected chi connectivity index (χ3v) is 4.02. The molecule has 0 unspecified atom stereocenters. The number of hydrogen-bond donors (Lipinski definition) is 0. The first kappa shape index (κ1) is 15.6. The zero-order chi connectivity index (χ0) is 16.1. The van der Waals surface area contributed by atoms with E-state index < -0.39 is 47.7 Å². The normalized spacial score (nSPS) is 42.0. The molecule has 0 aromatic rings. The van der Waals surface area contributed by atoms with Gasteiger partial charge in [-0.25, -0.2) is 4.79 Å². The Bertz CT molecular complexity index is 514. The SMILES string of the molecule is C=CC[C@]1(C(=O)OCC)O[C@@H]2[C@H]3OC(C)(C)O[C@H]3O[C@@H]2C1=O. The monoisotopic (exact) mass is 312 g/mol. The average Bonchev–Trinajstić information content (AvgIpc) is 2.99. The topological polar surface area (TPSA) is 80.3 Å². The fraction of sp³-hybridized carbons (Fsp3) is 0.733. The number of esters is 1. The second kappa shape index (κ2) is 5.13. The Morgan fingerprint density at radius 1 is 1.32 bits per heavy atom. The van der Waals surface area contributed by atoms with E-state index in [0.717, 1.165) is 0 Å². The van der Waals surface area contributed by atoms with Gasteiger partial charge in [0.2, 0.25) is 11.4 Å². The molecule has 0 aliphatic carbocycles. The molecule has 0 aromatic carbocycles. The minimum atomic E-state index is -1.70. The Balaban J connectivity index is 1.87. The van der Waals surface area contributed by atoms with Crippen LogP contribution in [0.1, 0.15) is 27.2 Å². The van der Waals surface area contributed by atoms with Gasteiger partial charge >= 0.3 is 5.97 Å². The predicted octanol–water partition coefficient (Wildman–Crippen LogP) is 0.709. The molecule has 5 atom stereocenters. The third kappa shape index (κ3) is 2.11. The Hall–Kier alpha value is -1.28. The zero-order valence-corrected chi connectivity index (χ0v) is 12.9. The maximum atomic E-state index is 12.7. The highest BCUT2D eigenvalue weighted by atomic mass is 16.8. The lowest BCUT2D eigenvalue weighted by Gasteiger charge is -2.25.